The number of thiazole rings is 1. The van der Waals surface area contributed by atoms with Crippen molar-refractivity contribution >= 4 is 27.3 Å². The molecular formula is C16H19N3O5S2. The zero-order valence-electron chi connectivity index (χ0n) is 14.4. The highest BCUT2D eigenvalue weighted by Crippen LogP contribution is 2.24. The van der Waals surface area contributed by atoms with Gasteiger partial charge in [0.15, 0.2) is 4.21 Å². The Kier molecular flexibility index (Phi) is 5.17. The molecule has 1 aromatic heterocycles. The summed E-state index contributed by atoms with van der Waals surface area (Å²) in [5.41, 5.74) is 0.790. The molecule has 26 heavy (non-hydrogen) atoms. The van der Waals surface area contributed by atoms with E-state index in [2.05, 4.69) is 4.98 Å². The molecule has 140 valence electrons. The van der Waals surface area contributed by atoms with Crippen molar-refractivity contribution in [1.82, 2.24) is 14.2 Å². The highest BCUT2D eigenvalue weighted by atomic mass is 32.2. The molecule has 0 aliphatic carbocycles. The van der Waals surface area contributed by atoms with Crippen molar-refractivity contribution in [2.45, 2.75) is 11.1 Å². The molecule has 0 unspecified atom stereocenters. The molecule has 1 aliphatic heterocycles. The summed E-state index contributed by atoms with van der Waals surface area (Å²) in [5.74, 6) is 0.294. The van der Waals surface area contributed by atoms with Crippen LogP contribution in [0.5, 0.6) is 5.75 Å². The third-order valence-electron chi connectivity index (χ3n) is 4.22. The van der Waals surface area contributed by atoms with Gasteiger partial charge in [0.2, 0.25) is 0 Å². The molecule has 8 nitrogen and oxygen atoms in total. The zero-order chi connectivity index (χ0) is 18.9. The molecule has 1 amide bonds. The predicted molar refractivity (Wildman–Crippen MR) is 97.3 cm³/mol. The van der Waals surface area contributed by atoms with Crippen LogP contribution in [-0.4, -0.2) is 61.8 Å². The third kappa shape index (κ3) is 3.39. The molecule has 0 spiro atoms. The molecule has 2 aromatic rings. The van der Waals surface area contributed by atoms with Gasteiger partial charge in [0.25, 0.3) is 15.9 Å². The molecule has 1 fully saturated rings. The van der Waals surface area contributed by atoms with Crippen LogP contribution in [0.25, 0.3) is 0 Å². The Bertz CT molecular complexity index is 972. The second-order valence-corrected chi connectivity index (χ2v) is 8.94. The van der Waals surface area contributed by atoms with E-state index < -0.39 is 14.9 Å². The summed E-state index contributed by atoms with van der Waals surface area (Å²) >= 11 is 0.686. The van der Waals surface area contributed by atoms with E-state index in [1.165, 1.54) is 11.4 Å². The number of nitrogens with zero attached hydrogens (tertiary/aromatic N) is 2. The van der Waals surface area contributed by atoms with E-state index in [4.69, 9.17) is 4.74 Å². The van der Waals surface area contributed by atoms with E-state index >= 15 is 0 Å². The molecule has 2 heterocycles. The number of H-pyrrole nitrogens is 1. The molecule has 0 atom stereocenters. The summed E-state index contributed by atoms with van der Waals surface area (Å²) in [6.07, 6.45) is 0. The minimum absolute atomic E-state index is 0.0343. The number of aromatic nitrogens is 1. The molecule has 0 radical (unpaired) electrons. The lowest BCUT2D eigenvalue weighted by Crippen LogP contribution is -2.50. The second-order valence-electron chi connectivity index (χ2n) is 5.82. The Morgan fingerprint density at radius 2 is 1.85 bits per heavy atom. The fourth-order valence-electron chi connectivity index (χ4n) is 2.88. The maximum Gasteiger partial charge on any atom is 0.305 e. The maximum atomic E-state index is 12.7. The van der Waals surface area contributed by atoms with Crippen LogP contribution in [0.15, 0.2) is 33.3 Å². The number of carbonyl (C=O) groups excluding carboxylic acids is 1. The van der Waals surface area contributed by atoms with Gasteiger partial charge in [-0.05, 0) is 19.1 Å². The van der Waals surface area contributed by atoms with E-state index in [0.29, 0.717) is 28.3 Å². The molecule has 0 saturated carbocycles. The van der Waals surface area contributed by atoms with E-state index in [1.807, 2.05) is 0 Å². The summed E-state index contributed by atoms with van der Waals surface area (Å²) in [5, 5.41) is 0. The third-order valence-corrected chi connectivity index (χ3v) is 7.70. The molecule has 1 saturated heterocycles. The number of aryl methyl sites for hydroxylation is 1. The number of nitrogens with one attached hydrogen (secondary N) is 1. The Morgan fingerprint density at radius 1 is 1.19 bits per heavy atom. The van der Waals surface area contributed by atoms with Crippen LogP contribution in [0, 0.1) is 6.92 Å². The molecule has 1 aliphatic rings. The van der Waals surface area contributed by atoms with Crippen LogP contribution in [-0.2, 0) is 10.0 Å². The summed E-state index contributed by atoms with van der Waals surface area (Å²) in [6.45, 7) is 2.46. The van der Waals surface area contributed by atoms with E-state index in [0.717, 1.165) is 0 Å². The number of amides is 1. The topological polar surface area (TPSA) is 99.8 Å². The zero-order valence-corrected chi connectivity index (χ0v) is 16.0. The fourth-order valence-corrected chi connectivity index (χ4v) is 5.73. The van der Waals surface area contributed by atoms with Gasteiger partial charge in [-0.25, -0.2) is 8.42 Å². The van der Waals surface area contributed by atoms with Crippen molar-refractivity contribution in [2.24, 2.45) is 0 Å². The van der Waals surface area contributed by atoms with Gasteiger partial charge in [0.1, 0.15) is 5.75 Å². The number of methoxy groups -OCH3 is 1. The Labute approximate surface area is 155 Å². The Hall–Kier alpha value is -2.17. The number of hydrogen-bond acceptors (Lipinski definition) is 6. The van der Waals surface area contributed by atoms with Gasteiger partial charge in [-0.15, -0.1) is 0 Å². The first-order chi connectivity index (χ1) is 12.3. The number of sulfonamides is 1. The molecular weight excluding hydrogens is 378 g/mol. The first kappa shape index (κ1) is 18.6. The van der Waals surface area contributed by atoms with Crippen molar-refractivity contribution in [3.8, 4) is 5.75 Å². The van der Waals surface area contributed by atoms with Gasteiger partial charge in [-0.1, -0.05) is 23.5 Å². The first-order valence-corrected chi connectivity index (χ1v) is 10.2. The number of rotatable bonds is 4. The monoisotopic (exact) mass is 397 g/mol. The van der Waals surface area contributed by atoms with Crippen molar-refractivity contribution in [3.05, 3.63) is 45.2 Å². The van der Waals surface area contributed by atoms with E-state index in [1.54, 1.807) is 36.1 Å². The highest BCUT2D eigenvalue weighted by molar-refractivity contribution is 7.91. The Balaban J connectivity index is 1.74. The maximum absolute atomic E-state index is 12.7. The highest BCUT2D eigenvalue weighted by Gasteiger charge is 2.33. The quantitative estimate of drug-likeness (QED) is 0.826. The van der Waals surface area contributed by atoms with Gasteiger partial charge in [-0.2, -0.15) is 4.31 Å². The SMILES string of the molecule is COc1ccccc1C(=O)N1CCN(S(=O)(=O)c2sc(=O)[nH]c2C)CC1. The van der Waals surface area contributed by atoms with Crippen LogP contribution in [0.3, 0.4) is 0 Å². The minimum Gasteiger partial charge on any atom is -0.496 e. The van der Waals surface area contributed by atoms with Crippen molar-refractivity contribution in [3.63, 3.8) is 0 Å². The van der Waals surface area contributed by atoms with Crippen molar-refractivity contribution < 1.29 is 17.9 Å². The lowest BCUT2D eigenvalue weighted by molar-refractivity contribution is 0.0694. The van der Waals surface area contributed by atoms with Crippen LogP contribution < -0.4 is 9.61 Å². The van der Waals surface area contributed by atoms with E-state index in [9.17, 15) is 18.0 Å². The second kappa shape index (κ2) is 7.22. The largest absolute Gasteiger partial charge is 0.496 e. The average Bonchev–Trinajstić information content (AvgIpc) is 3.00. The van der Waals surface area contributed by atoms with Crippen molar-refractivity contribution in [2.75, 3.05) is 33.3 Å². The van der Waals surface area contributed by atoms with Crippen LogP contribution in [0.2, 0.25) is 0 Å². The lowest BCUT2D eigenvalue weighted by Gasteiger charge is -2.34. The smallest absolute Gasteiger partial charge is 0.305 e. The molecule has 1 aromatic carbocycles. The predicted octanol–water partition coefficient (Wildman–Crippen LogP) is 0.900. The van der Waals surface area contributed by atoms with Gasteiger partial charge in [-0.3, -0.25) is 9.59 Å². The minimum atomic E-state index is -3.74. The fraction of sp³-hybridized carbons (Fsp3) is 0.375. The molecule has 1 N–H and O–H groups in total. The molecule has 10 heteroatoms. The van der Waals surface area contributed by atoms with Crippen LogP contribution >= 0.6 is 11.3 Å². The summed E-state index contributed by atoms with van der Waals surface area (Å²) in [6, 6.07) is 6.94. The molecule has 0 bridgehead atoms. The average molecular weight is 397 g/mol. The normalized spacial score (nSPS) is 15.8. The standard InChI is InChI=1S/C16H19N3O5S2/c1-11-15(25-16(21)17-11)26(22,23)19-9-7-18(8-10-19)14(20)12-5-3-4-6-13(12)24-2/h3-6H,7-10H2,1-2H3,(H,17,21). The summed E-state index contributed by atoms with van der Waals surface area (Å²) in [4.78, 5) is 27.8. The van der Waals surface area contributed by atoms with Gasteiger partial charge in [0.05, 0.1) is 12.7 Å². The number of hydrogen-bond donors (Lipinski definition) is 1. The number of ether oxygens (including phenoxy) is 1. The molecule has 3 rings (SSSR count). The van der Waals surface area contributed by atoms with Gasteiger partial charge in [0, 0.05) is 31.9 Å². The van der Waals surface area contributed by atoms with Gasteiger partial charge >= 0.3 is 4.87 Å². The number of aromatic amines is 1. The number of benzene rings is 1. The van der Waals surface area contributed by atoms with E-state index in [-0.39, 0.29) is 36.3 Å². The summed E-state index contributed by atoms with van der Waals surface area (Å²) in [7, 11) is -2.24. The number of para-hydroxylation sites is 1. The van der Waals surface area contributed by atoms with Gasteiger partial charge < -0.3 is 14.6 Å². The van der Waals surface area contributed by atoms with Crippen molar-refractivity contribution in [1.29, 1.82) is 0 Å². The van der Waals surface area contributed by atoms with Crippen LogP contribution in [0.4, 0.5) is 0 Å². The number of piperazine rings is 1. The summed E-state index contributed by atoms with van der Waals surface area (Å²) < 4.78 is 32.0. The number of carbonyl (C=O) groups is 1. The first-order valence-electron chi connectivity index (χ1n) is 7.96. The Morgan fingerprint density at radius 3 is 2.42 bits per heavy atom. The van der Waals surface area contributed by atoms with Crippen LogP contribution in [0.1, 0.15) is 16.1 Å². The lowest BCUT2D eigenvalue weighted by atomic mass is 10.1.